The number of Topliss-reactive ketones (excluding diaryl/α,β-unsaturated/α-hetero) is 1. The molecule has 0 radical (unpaired) electrons. The normalized spacial score (nSPS) is 21.8. The van der Waals surface area contributed by atoms with Crippen LogP contribution in [0.25, 0.3) is 0 Å². The van der Waals surface area contributed by atoms with E-state index in [1.54, 1.807) is 6.07 Å². The lowest BCUT2D eigenvalue weighted by Gasteiger charge is -2.26. The lowest BCUT2D eigenvalue weighted by Crippen LogP contribution is -2.38. The van der Waals surface area contributed by atoms with Crippen LogP contribution in [0.3, 0.4) is 0 Å². The molecule has 2 atom stereocenters. The second kappa shape index (κ2) is 7.00. The van der Waals surface area contributed by atoms with Gasteiger partial charge < -0.3 is 14.4 Å². The van der Waals surface area contributed by atoms with E-state index < -0.39 is 5.82 Å². The monoisotopic (exact) mass is 295 g/mol. The largest absolute Gasteiger partial charge is 0.496 e. The topological polar surface area (TPSA) is 38.8 Å². The number of carbonyl (C=O) groups excluding carboxylic acids is 1. The summed E-state index contributed by atoms with van der Waals surface area (Å²) in [7, 11) is 3.41. The molecule has 1 aromatic carbocycles. The Bertz CT molecular complexity index is 506. The molecule has 5 heteroatoms. The molecule has 4 nitrogen and oxygen atoms in total. The summed E-state index contributed by atoms with van der Waals surface area (Å²) in [6.45, 7) is 3.37. The summed E-state index contributed by atoms with van der Waals surface area (Å²) < 4.78 is 24.4. The lowest BCUT2D eigenvalue weighted by atomic mass is 10.0. The minimum absolute atomic E-state index is 0.0455. The average Bonchev–Trinajstić information content (AvgIpc) is 2.90. The molecular formula is C16H22FNO3. The van der Waals surface area contributed by atoms with Gasteiger partial charge in [-0.1, -0.05) is 6.07 Å². The van der Waals surface area contributed by atoms with E-state index in [0.717, 1.165) is 13.0 Å². The van der Waals surface area contributed by atoms with Crippen LogP contribution in [0.1, 0.15) is 30.1 Å². The van der Waals surface area contributed by atoms with Gasteiger partial charge in [-0.2, -0.15) is 0 Å². The highest BCUT2D eigenvalue weighted by atomic mass is 19.1. The highest BCUT2D eigenvalue weighted by molar-refractivity contribution is 5.99. The molecule has 0 saturated carbocycles. The van der Waals surface area contributed by atoms with Gasteiger partial charge in [0.2, 0.25) is 0 Å². The van der Waals surface area contributed by atoms with Gasteiger partial charge in [0.1, 0.15) is 11.6 Å². The Morgan fingerprint density at radius 2 is 2.29 bits per heavy atom. The number of hydrogen-bond acceptors (Lipinski definition) is 4. The Morgan fingerprint density at radius 1 is 1.52 bits per heavy atom. The summed E-state index contributed by atoms with van der Waals surface area (Å²) in [6, 6.07) is 4.74. The number of carbonyl (C=O) groups is 1. The third-order valence-corrected chi connectivity index (χ3v) is 4.07. The van der Waals surface area contributed by atoms with Crippen LogP contribution in [0, 0.1) is 5.82 Å². The highest BCUT2D eigenvalue weighted by Crippen LogP contribution is 2.23. The first kappa shape index (κ1) is 15.9. The maximum Gasteiger partial charge on any atom is 0.170 e. The van der Waals surface area contributed by atoms with Crippen molar-refractivity contribution in [2.45, 2.75) is 31.9 Å². The van der Waals surface area contributed by atoms with Crippen molar-refractivity contribution in [1.29, 1.82) is 0 Å². The van der Waals surface area contributed by atoms with Crippen LogP contribution in [-0.4, -0.2) is 50.1 Å². The molecule has 21 heavy (non-hydrogen) atoms. The Hall–Kier alpha value is -1.46. The van der Waals surface area contributed by atoms with E-state index in [1.807, 2.05) is 14.0 Å². The van der Waals surface area contributed by atoms with E-state index in [4.69, 9.17) is 9.47 Å². The van der Waals surface area contributed by atoms with Gasteiger partial charge in [0.05, 0.1) is 18.8 Å². The average molecular weight is 295 g/mol. The van der Waals surface area contributed by atoms with Gasteiger partial charge in [0.15, 0.2) is 5.78 Å². The van der Waals surface area contributed by atoms with Crippen LogP contribution in [0.4, 0.5) is 4.39 Å². The van der Waals surface area contributed by atoms with E-state index in [0.29, 0.717) is 18.3 Å². The van der Waals surface area contributed by atoms with Gasteiger partial charge in [0.25, 0.3) is 0 Å². The number of benzene rings is 1. The van der Waals surface area contributed by atoms with Crippen molar-refractivity contribution in [1.82, 2.24) is 4.90 Å². The third kappa shape index (κ3) is 3.60. The lowest BCUT2D eigenvalue weighted by molar-refractivity contribution is 0.0791. The van der Waals surface area contributed by atoms with Crippen molar-refractivity contribution in [2.24, 2.45) is 0 Å². The predicted octanol–water partition coefficient (Wildman–Crippen LogP) is 2.52. The van der Waals surface area contributed by atoms with Crippen molar-refractivity contribution in [3.8, 4) is 5.75 Å². The number of hydrogen-bond donors (Lipinski definition) is 0. The molecule has 1 heterocycles. The Kier molecular flexibility index (Phi) is 5.31. The van der Waals surface area contributed by atoms with Gasteiger partial charge in [-0.25, -0.2) is 4.39 Å². The summed E-state index contributed by atoms with van der Waals surface area (Å²) in [6.07, 6.45) is 1.40. The van der Waals surface area contributed by atoms with E-state index >= 15 is 0 Å². The first-order chi connectivity index (χ1) is 10.0. The first-order valence-electron chi connectivity index (χ1n) is 7.22. The molecule has 116 valence electrons. The van der Waals surface area contributed by atoms with Gasteiger partial charge in [-0.05, 0) is 32.5 Å². The number of halogens is 1. The summed E-state index contributed by atoms with van der Waals surface area (Å²) in [5.74, 6) is -0.469. The van der Waals surface area contributed by atoms with Crippen molar-refractivity contribution < 1.29 is 18.7 Å². The summed E-state index contributed by atoms with van der Waals surface area (Å²) in [5, 5.41) is 0. The van der Waals surface area contributed by atoms with Crippen molar-refractivity contribution in [3.63, 3.8) is 0 Å². The third-order valence-electron chi connectivity index (χ3n) is 4.07. The van der Waals surface area contributed by atoms with Crippen LogP contribution in [-0.2, 0) is 4.74 Å². The van der Waals surface area contributed by atoms with Crippen LogP contribution >= 0.6 is 0 Å². The molecule has 1 aromatic rings. The van der Waals surface area contributed by atoms with Crippen LogP contribution < -0.4 is 4.74 Å². The Morgan fingerprint density at radius 3 is 2.90 bits per heavy atom. The van der Waals surface area contributed by atoms with E-state index in [9.17, 15) is 9.18 Å². The van der Waals surface area contributed by atoms with Gasteiger partial charge in [-0.3, -0.25) is 4.79 Å². The maximum atomic E-state index is 13.8. The zero-order valence-corrected chi connectivity index (χ0v) is 12.8. The van der Waals surface area contributed by atoms with Crippen molar-refractivity contribution >= 4 is 5.78 Å². The molecule has 1 aliphatic heterocycles. The quantitative estimate of drug-likeness (QED) is 0.756. The molecule has 0 aliphatic carbocycles. The zero-order valence-electron chi connectivity index (χ0n) is 12.8. The number of methoxy groups -OCH3 is 1. The molecule has 0 amide bonds. The fraction of sp³-hybridized carbons (Fsp3) is 0.562. The van der Waals surface area contributed by atoms with Crippen molar-refractivity contribution in [2.75, 3.05) is 27.3 Å². The minimum atomic E-state index is -0.528. The Balaban J connectivity index is 1.99. The standard InChI is InChI=1S/C16H22FNO3/c1-11-13(8-10-21-11)18(2)9-7-14(19)16-12(17)5-4-6-15(16)20-3/h4-6,11,13H,7-10H2,1-3H3. The number of ether oxygens (including phenoxy) is 2. The Labute approximate surface area is 124 Å². The van der Waals surface area contributed by atoms with Crippen LogP contribution in [0.15, 0.2) is 18.2 Å². The van der Waals surface area contributed by atoms with Crippen LogP contribution in [0.5, 0.6) is 5.75 Å². The van der Waals surface area contributed by atoms with Crippen molar-refractivity contribution in [3.05, 3.63) is 29.6 Å². The molecule has 2 unspecified atom stereocenters. The first-order valence-corrected chi connectivity index (χ1v) is 7.22. The number of nitrogens with zero attached hydrogens (tertiary/aromatic N) is 1. The summed E-state index contributed by atoms with van der Waals surface area (Å²) >= 11 is 0. The van der Waals surface area contributed by atoms with E-state index in [1.165, 1.54) is 19.2 Å². The van der Waals surface area contributed by atoms with Gasteiger partial charge in [-0.15, -0.1) is 0 Å². The smallest absolute Gasteiger partial charge is 0.170 e. The molecule has 1 fully saturated rings. The van der Waals surface area contributed by atoms with Gasteiger partial charge >= 0.3 is 0 Å². The van der Waals surface area contributed by atoms with Gasteiger partial charge in [0, 0.05) is 25.6 Å². The number of rotatable bonds is 6. The fourth-order valence-electron chi connectivity index (χ4n) is 2.81. The van der Waals surface area contributed by atoms with E-state index in [2.05, 4.69) is 4.90 Å². The van der Waals surface area contributed by atoms with Crippen LogP contribution in [0.2, 0.25) is 0 Å². The molecule has 1 aliphatic rings. The molecule has 0 bridgehead atoms. The number of ketones is 1. The fourth-order valence-corrected chi connectivity index (χ4v) is 2.81. The molecular weight excluding hydrogens is 273 g/mol. The SMILES string of the molecule is COc1cccc(F)c1C(=O)CCN(C)C1CCOC1C. The maximum absolute atomic E-state index is 13.8. The predicted molar refractivity (Wildman–Crippen MR) is 78.3 cm³/mol. The molecule has 0 aromatic heterocycles. The number of likely N-dealkylation sites (N-methyl/N-ethyl adjacent to an activating group) is 1. The molecule has 2 rings (SSSR count). The molecule has 0 spiro atoms. The minimum Gasteiger partial charge on any atom is -0.496 e. The molecule has 1 saturated heterocycles. The van der Waals surface area contributed by atoms with E-state index in [-0.39, 0.29) is 23.9 Å². The second-order valence-corrected chi connectivity index (χ2v) is 5.40. The summed E-state index contributed by atoms with van der Waals surface area (Å²) in [5.41, 5.74) is 0.0455. The summed E-state index contributed by atoms with van der Waals surface area (Å²) in [4.78, 5) is 14.4. The highest BCUT2D eigenvalue weighted by Gasteiger charge is 2.28. The molecule has 0 N–H and O–H groups in total. The second-order valence-electron chi connectivity index (χ2n) is 5.40. The zero-order chi connectivity index (χ0) is 15.4.